The molecule has 0 radical (unpaired) electrons. The molecule has 1 aliphatic rings. The van der Waals surface area contributed by atoms with Crippen LogP contribution in [-0.2, 0) is 19.1 Å². The van der Waals surface area contributed by atoms with Crippen LogP contribution in [0.25, 0.3) is 5.76 Å². The van der Waals surface area contributed by atoms with E-state index < -0.39 is 23.7 Å². The third kappa shape index (κ3) is 5.22. The van der Waals surface area contributed by atoms with E-state index in [1.807, 2.05) is 26.8 Å². The van der Waals surface area contributed by atoms with Crippen molar-refractivity contribution in [2.45, 2.75) is 39.7 Å². The first-order chi connectivity index (χ1) is 16.6. The molecule has 8 nitrogen and oxygen atoms in total. The number of carbonyl (C=O) groups is 3. The number of rotatable bonds is 8. The number of aryl methyl sites for hydroxylation is 1. The molecule has 2 aromatic carbocycles. The molecule has 1 unspecified atom stereocenters. The lowest BCUT2D eigenvalue weighted by atomic mass is 9.91. The predicted molar refractivity (Wildman–Crippen MR) is 130 cm³/mol. The van der Waals surface area contributed by atoms with Gasteiger partial charge in [0.2, 0.25) is 0 Å². The molecule has 0 bridgehead atoms. The lowest BCUT2D eigenvalue weighted by Gasteiger charge is -2.25. The quantitative estimate of drug-likeness (QED) is 0.199. The molecule has 1 amide bonds. The Morgan fingerprint density at radius 2 is 1.77 bits per heavy atom. The molecule has 2 aromatic rings. The molecule has 3 rings (SSSR count). The maximum absolute atomic E-state index is 13.2. The number of likely N-dealkylation sites (tertiary alicyclic amines) is 1. The van der Waals surface area contributed by atoms with E-state index in [4.69, 9.17) is 14.2 Å². The summed E-state index contributed by atoms with van der Waals surface area (Å²) in [6, 6.07) is 9.29. The van der Waals surface area contributed by atoms with Crippen LogP contribution in [0, 0.1) is 6.92 Å². The van der Waals surface area contributed by atoms with E-state index >= 15 is 0 Å². The van der Waals surface area contributed by atoms with Crippen molar-refractivity contribution in [3.8, 4) is 11.5 Å². The van der Waals surface area contributed by atoms with Crippen LogP contribution >= 0.6 is 0 Å². The van der Waals surface area contributed by atoms with Crippen LogP contribution < -0.4 is 9.47 Å². The lowest BCUT2D eigenvalue weighted by Crippen LogP contribution is -2.32. The van der Waals surface area contributed by atoms with Gasteiger partial charge in [0.15, 0.2) is 0 Å². The van der Waals surface area contributed by atoms with Crippen LogP contribution in [0.4, 0.5) is 0 Å². The van der Waals surface area contributed by atoms with Gasteiger partial charge in [-0.25, -0.2) is 0 Å². The summed E-state index contributed by atoms with van der Waals surface area (Å²) >= 11 is 0. The number of carbonyl (C=O) groups excluding carboxylic acids is 3. The number of methoxy groups -OCH3 is 2. The molecule has 0 saturated carbocycles. The Kier molecular flexibility index (Phi) is 7.96. The first-order valence-corrected chi connectivity index (χ1v) is 11.3. The van der Waals surface area contributed by atoms with Crippen molar-refractivity contribution < 1.29 is 33.7 Å². The highest BCUT2D eigenvalue weighted by Crippen LogP contribution is 2.41. The highest BCUT2D eigenvalue weighted by atomic mass is 16.5. The minimum absolute atomic E-state index is 0.00527. The van der Waals surface area contributed by atoms with Crippen molar-refractivity contribution >= 4 is 23.4 Å². The van der Waals surface area contributed by atoms with Gasteiger partial charge >= 0.3 is 5.97 Å². The van der Waals surface area contributed by atoms with Gasteiger partial charge in [0, 0.05) is 26.1 Å². The molecule has 1 N–H and O–H groups in total. The van der Waals surface area contributed by atoms with Gasteiger partial charge in [-0.15, -0.1) is 0 Å². The molecule has 1 aliphatic heterocycles. The van der Waals surface area contributed by atoms with Gasteiger partial charge < -0.3 is 24.2 Å². The number of ether oxygens (including phenoxy) is 3. The van der Waals surface area contributed by atoms with Crippen molar-refractivity contribution in [3.63, 3.8) is 0 Å². The topological polar surface area (TPSA) is 102 Å². The number of hydrogen-bond acceptors (Lipinski definition) is 7. The number of ketones is 1. The minimum Gasteiger partial charge on any atom is -0.507 e. The maximum Gasteiger partial charge on any atom is 0.308 e. The van der Waals surface area contributed by atoms with Crippen LogP contribution in [0.1, 0.15) is 55.0 Å². The van der Waals surface area contributed by atoms with Gasteiger partial charge in [-0.1, -0.05) is 26.0 Å². The number of Topliss-reactive ketones (excluding diaryl/α,β-unsaturated/α-hetero) is 1. The second kappa shape index (κ2) is 10.7. The molecule has 8 heteroatoms. The average molecular weight is 482 g/mol. The van der Waals surface area contributed by atoms with Gasteiger partial charge in [-0.2, -0.15) is 0 Å². The minimum atomic E-state index is -0.833. The first kappa shape index (κ1) is 26.0. The number of benzene rings is 2. The number of esters is 1. The van der Waals surface area contributed by atoms with E-state index in [0.29, 0.717) is 28.2 Å². The van der Waals surface area contributed by atoms with Gasteiger partial charge in [-0.05, 0) is 53.8 Å². The molecule has 1 fully saturated rings. The summed E-state index contributed by atoms with van der Waals surface area (Å²) in [7, 11) is 3.09. The molecule has 1 saturated heterocycles. The average Bonchev–Trinajstić information content (AvgIpc) is 3.06. The second-order valence-corrected chi connectivity index (χ2v) is 8.71. The number of nitrogens with zero attached hydrogens (tertiary/aromatic N) is 1. The largest absolute Gasteiger partial charge is 0.507 e. The second-order valence-electron chi connectivity index (χ2n) is 8.71. The van der Waals surface area contributed by atoms with Crippen LogP contribution in [0.5, 0.6) is 11.5 Å². The fraction of sp³-hybridized carbons (Fsp3) is 0.370. The van der Waals surface area contributed by atoms with Crippen LogP contribution in [0.2, 0.25) is 0 Å². The summed E-state index contributed by atoms with van der Waals surface area (Å²) in [6.45, 7) is 7.50. The van der Waals surface area contributed by atoms with E-state index in [1.54, 1.807) is 37.4 Å². The third-order valence-electron chi connectivity index (χ3n) is 5.99. The summed E-state index contributed by atoms with van der Waals surface area (Å²) in [5, 5.41) is 11.4. The standard InChI is InChI=1S/C27H31NO7/c1-15(2)20-14-21(16(3)13-22(20)34-6)25(30)23-24(28(11-12-33-5)27(32)26(23)31)18-7-9-19(10-8-18)35-17(4)29/h7-10,13-15,24,30H,11-12H2,1-6H3/b25-23+. The summed E-state index contributed by atoms with van der Waals surface area (Å²) in [4.78, 5) is 38.9. The Morgan fingerprint density at radius 3 is 2.31 bits per heavy atom. The number of amides is 1. The van der Waals surface area contributed by atoms with Crippen molar-refractivity contribution in [1.82, 2.24) is 4.90 Å². The number of aliphatic hydroxyl groups excluding tert-OH is 1. The first-order valence-electron chi connectivity index (χ1n) is 11.3. The van der Waals surface area contributed by atoms with Crippen molar-refractivity contribution in [2.75, 3.05) is 27.4 Å². The van der Waals surface area contributed by atoms with Crippen molar-refractivity contribution in [2.24, 2.45) is 0 Å². The molecule has 0 aliphatic carbocycles. The van der Waals surface area contributed by atoms with Crippen molar-refractivity contribution in [3.05, 3.63) is 64.2 Å². The molecular formula is C27H31NO7. The summed E-state index contributed by atoms with van der Waals surface area (Å²) in [5.41, 5.74) is 2.62. The Labute approximate surface area is 205 Å². The van der Waals surface area contributed by atoms with Crippen LogP contribution in [0.3, 0.4) is 0 Å². The van der Waals surface area contributed by atoms with Gasteiger partial charge in [0.05, 0.1) is 25.3 Å². The monoisotopic (exact) mass is 481 g/mol. The molecule has 35 heavy (non-hydrogen) atoms. The van der Waals surface area contributed by atoms with Crippen LogP contribution in [-0.4, -0.2) is 55.0 Å². The Morgan fingerprint density at radius 1 is 1.11 bits per heavy atom. The van der Waals surface area contributed by atoms with E-state index in [9.17, 15) is 19.5 Å². The summed E-state index contributed by atoms with van der Waals surface area (Å²) < 4.78 is 15.7. The highest BCUT2D eigenvalue weighted by Gasteiger charge is 2.46. The smallest absolute Gasteiger partial charge is 0.308 e. The van der Waals surface area contributed by atoms with Crippen LogP contribution in [0.15, 0.2) is 42.0 Å². The molecule has 0 aromatic heterocycles. The highest BCUT2D eigenvalue weighted by molar-refractivity contribution is 6.46. The fourth-order valence-corrected chi connectivity index (χ4v) is 4.26. The molecular weight excluding hydrogens is 450 g/mol. The normalized spacial score (nSPS) is 17.2. The number of hydrogen-bond donors (Lipinski definition) is 1. The van der Waals surface area contributed by atoms with Gasteiger partial charge in [-0.3, -0.25) is 14.4 Å². The Balaban J connectivity index is 2.20. The zero-order chi connectivity index (χ0) is 25.9. The van der Waals surface area contributed by atoms with E-state index in [2.05, 4.69) is 0 Å². The summed E-state index contributed by atoms with van der Waals surface area (Å²) in [5.74, 6) is -1.07. The zero-order valence-corrected chi connectivity index (χ0v) is 20.9. The van der Waals surface area contributed by atoms with Gasteiger partial charge in [0.1, 0.15) is 17.3 Å². The number of aliphatic hydroxyl groups is 1. The Hall–Kier alpha value is -3.65. The lowest BCUT2D eigenvalue weighted by molar-refractivity contribution is -0.140. The molecule has 0 spiro atoms. The molecule has 186 valence electrons. The zero-order valence-electron chi connectivity index (χ0n) is 20.9. The fourth-order valence-electron chi connectivity index (χ4n) is 4.26. The maximum atomic E-state index is 13.2. The summed E-state index contributed by atoms with van der Waals surface area (Å²) in [6.07, 6.45) is 0. The molecule has 1 heterocycles. The van der Waals surface area contributed by atoms with E-state index in [0.717, 1.165) is 5.56 Å². The SMILES string of the molecule is COCCN1C(=O)C(=O)/C(=C(/O)c2cc(C(C)C)c(OC)cc2C)C1c1ccc(OC(C)=O)cc1. The van der Waals surface area contributed by atoms with E-state index in [1.165, 1.54) is 18.9 Å². The van der Waals surface area contributed by atoms with Crippen molar-refractivity contribution in [1.29, 1.82) is 0 Å². The van der Waals surface area contributed by atoms with E-state index in [-0.39, 0.29) is 30.4 Å². The molecule has 1 atom stereocenters. The van der Waals surface area contributed by atoms with Gasteiger partial charge in [0.25, 0.3) is 11.7 Å². The third-order valence-corrected chi connectivity index (χ3v) is 5.99. The Bertz CT molecular complexity index is 1160. The predicted octanol–water partition coefficient (Wildman–Crippen LogP) is 4.12.